The van der Waals surface area contributed by atoms with Gasteiger partial charge in [-0.2, -0.15) is 0 Å². The first-order valence-corrected chi connectivity index (χ1v) is 4.91. The van der Waals surface area contributed by atoms with Crippen LogP contribution in [0, 0.1) is 10.1 Å². The Morgan fingerprint density at radius 3 is 2.53 bits per heavy atom. The van der Waals surface area contributed by atoms with Crippen LogP contribution in [-0.4, -0.2) is 24.0 Å². The van der Waals surface area contributed by atoms with Crippen molar-refractivity contribution in [3.05, 3.63) is 40.4 Å². The topological polar surface area (TPSA) is 78.8 Å². The SMILES string of the molecule is Cn1ccnc1/C=C/c1ncc([N+](=O)[O-])n1C. The zero-order valence-electron chi connectivity index (χ0n) is 9.44. The van der Waals surface area contributed by atoms with Gasteiger partial charge in [-0.3, -0.25) is 0 Å². The van der Waals surface area contributed by atoms with Gasteiger partial charge in [0, 0.05) is 25.5 Å². The first-order valence-electron chi connectivity index (χ1n) is 4.91. The number of imidazole rings is 2. The van der Waals surface area contributed by atoms with E-state index in [0.29, 0.717) is 5.82 Å². The lowest BCUT2D eigenvalue weighted by Crippen LogP contribution is -1.98. The number of nitro groups is 1. The maximum absolute atomic E-state index is 10.6. The highest BCUT2D eigenvalue weighted by atomic mass is 16.6. The largest absolute Gasteiger partial charge is 0.358 e. The fourth-order valence-electron chi connectivity index (χ4n) is 1.43. The predicted octanol–water partition coefficient (Wildman–Crippen LogP) is 1.23. The molecule has 2 aromatic heterocycles. The maximum Gasteiger partial charge on any atom is 0.342 e. The van der Waals surface area contributed by atoms with Crippen LogP contribution >= 0.6 is 0 Å². The molecule has 0 aromatic carbocycles. The molecule has 0 saturated heterocycles. The van der Waals surface area contributed by atoms with Crippen molar-refractivity contribution < 1.29 is 4.92 Å². The van der Waals surface area contributed by atoms with E-state index in [0.717, 1.165) is 5.82 Å². The smallest absolute Gasteiger partial charge is 0.342 e. The summed E-state index contributed by atoms with van der Waals surface area (Å²) in [5, 5.41) is 10.6. The van der Waals surface area contributed by atoms with Crippen LogP contribution in [0.25, 0.3) is 12.2 Å². The third-order valence-electron chi connectivity index (χ3n) is 2.43. The molecule has 0 aliphatic heterocycles. The molecule has 2 aromatic rings. The second-order valence-corrected chi connectivity index (χ2v) is 3.52. The molecule has 0 bridgehead atoms. The second kappa shape index (κ2) is 4.20. The summed E-state index contributed by atoms with van der Waals surface area (Å²) in [6.07, 6.45) is 8.18. The number of aromatic nitrogens is 4. The van der Waals surface area contributed by atoms with Gasteiger partial charge in [0.2, 0.25) is 5.82 Å². The van der Waals surface area contributed by atoms with E-state index in [1.54, 1.807) is 25.4 Å². The van der Waals surface area contributed by atoms with Crippen molar-refractivity contribution >= 4 is 18.0 Å². The van der Waals surface area contributed by atoms with Gasteiger partial charge in [0.15, 0.2) is 0 Å². The monoisotopic (exact) mass is 233 g/mol. The van der Waals surface area contributed by atoms with Gasteiger partial charge in [-0.05, 0) is 11.0 Å². The lowest BCUT2D eigenvalue weighted by atomic mass is 10.4. The van der Waals surface area contributed by atoms with Crippen LogP contribution < -0.4 is 0 Å². The number of aryl methyl sites for hydroxylation is 1. The molecule has 0 unspecified atom stereocenters. The maximum atomic E-state index is 10.6. The summed E-state index contributed by atoms with van der Waals surface area (Å²) in [7, 11) is 3.47. The summed E-state index contributed by atoms with van der Waals surface area (Å²) in [6, 6.07) is 0. The molecule has 0 aliphatic carbocycles. The van der Waals surface area contributed by atoms with Crippen molar-refractivity contribution in [1.82, 2.24) is 19.1 Å². The molecular weight excluding hydrogens is 222 g/mol. The van der Waals surface area contributed by atoms with Crippen LogP contribution in [0.5, 0.6) is 0 Å². The van der Waals surface area contributed by atoms with E-state index in [1.165, 1.54) is 10.8 Å². The van der Waals surface area contributed by atoms with Gasteiger partial charge in [0.25, 0.3) is 0 Å². The van der Waals surface area contributed by atoms with Gasteiger partial charge in [0.05, 0.1) is 7.05 Å². The zero-order chi connectivity index (χ0) is 12.4. The van der Waals surface area contributed by atoms with Crippen molar-refractivity contribution in [3.8, 4) is 0 Å². The molecule has 0 aliphatic rings. The Labute approximate surface area is 97.2 Å². The molecule has 2 heterocycles. The van der Waals surface area contributed by atoms with Gasteiger partial charge in [-0.15, -0.1) is 0 Å². The van der Waals surface area contributed by atoms with E-state index < -0.39 is 4.92 Å². The summed E-state index contributed by atoms with van der Waals surface area (Å²) in [5.74, 6) is 1.24. The first kappa shape index (κ1) is 11.1. The van der Waals surface area contributed by atoms with E-state index in [1.807, 2.05) is 17.8 Å². The van der Waals surface area contributed by atoms with E-state index >= 15 is 0 Å². The Bertz CT molecular complexity index is 581. The van der Waals surface area contributed by atoms with E-state index in [-0.39, 0.29) is 5.82 Å². The van der Waals surface area contributed by atoms with Crippen molar-refractivity contribution in [3.63, 3.8) is 0 Å². The highest BCUT2D eigenvalue weighted by Gasteiger charge is 2.13. The van der Waals surface area contributed by atoms with Crippen molar-refractivity contribution in [2.75, 3.05) is 0 Å². The second-order valence-electron chi connectivity index (χ2n) is 3.52. The van der Waals surface area contributed by atoms with Crippen LogP contribution in [0.1, 0.15) is 11.6 Å². The fourth-order valence-corrected chi connectivity index (χ4v) is 1.43. The van der Waals surface area contributed by atoms with Crippen molar-refractivity contribution in [2.45, 2.75) is 0 Å². The molecule has 7 heteroatoms. The third kappa shape index (κ3) is 2.07. The van der Waals surface area contributed by atoms with E-state index in [4.69, 9.17) is 0 Å². The average Bonchev–Trinajstić information content (AvgIpc) is 2.82. The Kier molecular flexibility index (Phi) is 2.73. The fraction of sp³-hybridized carbons (Fsp3) is 0.200. The highest BCUT2D eigenvalue weighted by Crippen LogP contribution is 2.13. The normalized spacial score (nSPS) is 11.2. The number of rotatable bonds is 3. The number of hydrogen-bond acceptors (Lipinski definition) is 4. The van der Waals surface area contributed by atoms with Crippen LogP contribution in [0.2, 0.25) is 0 Å². The molecule has 0 saturated carbocycles. The minimum absolute atomic E-state index is 0.0375. The quantitative estimate of drug-likeness (QED) is 0.590. The summed E-state index contributed by atoms with van der Waals surface area (Å²) in [6.45, 7) is 0. The van der Waals surface area contributed by atoms with Gasteiger partial charge in [-0.25, -0.2) is 14.5 Å². The predicted molar refractivity (Wildman–Crippen MR) is 62.0 cm³/mol. The van der Waals surface area contributed by atoms with Crippen molar-refractivity contribution in [2.24, 2.45) is 14.1 Å². The average molecular weight is 233 g/mol. The summed E-state index contributed by atoms with van der Waals surface area (Å²) < 4.78 is 3.26. The Balaban J connectivity index is 2.28. The van der Waals surface area contributed by atoms with Crippen LogP contribution in [0.3, 0.4) is 0 Å². The lowest BCUT2D eigenvalue weighted by Gasteiger charge is -1.95. The van der Waals surface area contributed by atoms with Crippen LogP contribution in [0.15, 0.2) is 18.6 Å². The molecule has 17 heavy (non-hydrogen) atoms. The van der Waals surface area contributed by atoms with E-state index in [9.17, 15) is 10.1 Å². The molecule has 7 nitrogen and oxygen atoms in total. The molecule has 0 fully saturated rings. The third-order valence-corrected chi connectivity index (χ3v) is 2.43. The Morgan fingerprint density at radius 1 is 1.29 bits per heavy atom. The van der Waals surface area contributed by atoms with Gasteiger partial charge in [-0.1, -0.05) is 0 Å². The zero-order valence-corrected chi connectivity index (χ0v) is 9.44. The van der Waals surface area contributed by atoms with Gasteiger partial charge in [0.1, 0.15) is 12.0 Å². The number of nitrogens with zero attached hydrogens (tertiary/aromatic N) is 5. The van der Waals surface area contributed by atoms with Gasteiger partial charge >= 0.3 is 5.82 Å². The molecule has 2 rings (SSSR count). The molecule has 0 spiro atoms. The van der Waals surface area contributed by atoms with Crippen molar-refractivity contribution in [1.29, 1.82) is 0 Å². The molecular formula is C10H11N5O2. The minimum atomic E-state index is -0.467. The number of hydrogen-bond donors (Lipinski definition) is 0. The summed E-state index contributed by atoms with van der Waals surface area (Å²) >= 11 is 0. The van der Waals surface area contributed by atoms with E-state index in [2.05, 4.69) is 9.97 Å². The minimum Gasteiger partial charge on any atom is -0.358 e. The highest BCUT2D eigenvalue weighted by molar-refractivity contribution is 5.63. The summed E-state index contributed by atoms with van der Waals surface area (Å²) in [5.41, 5.74) is 0. The lowest BCUT2D eigenvalue weighted by molar-refractivity contribution is -0.391. The van der Waals surface area contributed by atoms with Crippen LogP contribution in [0.4, 0.5) is 5.82 Å². The van der Waals surface area contributed by atoms with Gasteiger partial charge < -0.3 is 14.7 Å². The molecule has 88 valence electrons. The molecule has 0 atom stereocenters. The standard InChI is InChI=1S/C10H11N5O2/c1-13-6-5-11-8(13)3-4-9-12-7-10(14(9)2)15(16)17/h3-7H,1-2H3/b4-3+. The molecule has 0 N–H and O–H groups in total. The molecule has 0 amide bonds. The summed E-state index contributed by atoms with van der Waals surface area (Å²) in [4.78, 5) is 18.2. The first-order chi connectivity index (χ1) is 8.09. The Morgan fingerprint density at radius 2 is 2.00 bits per heavy atom. The van der Waals surface area contributed by atoms with Crippen LogP contribution in [-0.2, 0) is 14.1 Å². The molecule has 0 radical (unpaired) electrons. The Hall–Kier alpha value is -2.44.